The van der Waals surface area contributed by atoms with E-state index in [-0.39, 0.29) is 5.91 Å². The van der Waals surface area contributed by atoms with Crippen LogP contribution in [0, 0.1) is 6.92 Å². The lowest BCUT2D eigenvalue weighted by molar-refractivity contribution is 0.0746. The number of nitrogens with zero attached hydrogens (tertiary/aromatic N) is 4. The molecule has 4 rings (SSSR count). The molecule has 0 atom stereocenters. The maximum atomic E-state index is 13.1. The monoisotopic (exact) mass is 454 g/mol. The minimum absolute atomic E-state index is 0.0329. The van der Waals surface area contributed by atoms with Crippen LogP contribution in [0.5, 0.6) is 5.75 Å². The molecule has 1 saturated heterocycles. The number of hydrogen-bond acceptors (Lipinski definition) is 4. The van der Waals surface area contributed by atoms with Gasteiger partial charge in [0.05, 0.1) is 35.9 Å². The first-order valence-electron chi connectivity index (χ1n) is 9.56. The van der Waals surface area contributed by atoms with Gasteiger partial charge in [0, 0.05) is 30.7 Å². The van der Waals surface area contributed by atoms with Gasteiger partial charge in [0.15, 0.2) is 0 Å². The van der Waals surface area contributed by atoms with E-state index in [4.69, 9.17) is 4.74 Å². The van der Waals surface area contributed by atoms with Crippen molar-refractivity contribution >= 4 is 27.5 Å². The van der Waals surface area contributed by atoms with Crippen LogP contribution in [0.15, 0.2) is 59.2 Å². The lowest BCUT2D eigenvalue weighted by Gasteiger charge is -2.36. The molecular weight excluding hydrogens is 432 g/mol. The molecule has 1 amide bonds. The third kappa shape index (κ3) is 3.87. The Morgan fingerprint density at radius 1 is 1.03 bits per heavy atom. The Balaban J connectivity index is 1.47. The van der Waals surface area contributed by atoms with Crippen molar-refractivity contribution in [2.45, 2.75) is 6.92 Å². The maximum Gasteiger partial charge on any atom is 0.257 e. The molecule has 0 N–H and O–H groups in total. The van der Waals surface area contributed by atoms with Crippen LogP contribution >= 0.6 is 15.9 Å². The fourth-order valence-electron chi connectivity index (χ4n) is 3.67. The fourth-order valence-corrected chi connectivity index (χ4v) is 3.94. The van der Waals surface area contributed by atoms with E-state index in [1.807, 2.05) is 59.0 Å². The number of carbonyl (C=O) groups excluding carboxylic acids is 1. The number of piperazine rings is 1. The van der Waals surface area contributed by atoms with Crippen molar-refractivity contribution < 1.29 is 9.53 Å². The van der Waals surface area contributed by atoms with Crippen LogP contribution in [0.25, 0.3) is 5.69 Å². The average molecular weight is 455 g/mol. The van der Waals surface area contributed by atoms with Gasteiger partial charge >= 0.3 is 0 Å². The summed E-state index contributed by atoms with van der Waals surface area (Å²) in [4.78, 5) is 17.3. The number of hydrogen-bond donors (Lipinski definition) is 0. The van der Waals surface area contributed by atoms with Gasteiger partial charge in [-0.1, -0.05) is 28.1 Å². The molecule has 1 aromatic heterocycles. The molecule has 2 aromatic carbocycles. The minimum atomic E-state index is 0.0329. The van der Waals surface area contributed by atoms with Crippen molar-refractivity contribution in [3.63, 3.8) is 0 Å². The van der Waals surface area contributed by atoms with Gasteiger partial charge in [-0.15, -0.1) is 0 Å². The van der Waals surface area contributed by atoms with Gasteiger partial charge in [-0.2, -0.15) is 5.10 Å². The lowest BCUT2D eigenvalue weighted by atomic mass is 10.2. The van der Waals surface area contributed by atoms with Crippen molar-refractivity contribution in [1.82, 2.24) is 14.7 Å². The van der Waals surface area contributed by atoms with Gasteiger partial charge in [0.25, 0.3) is 5.91 Å². The molecule has 0 bridgehead atoms. The Kier molecular flexibility index (Phi) is 5.58. The van der Waals surface area contributed by atoms with Crippen molar-refractivity contribution in [3.05, 3.63) is 70.5 Å². The summed E-state index contributed by atoms with van der Waals surface area (Å²) in [5.74, 6) is 0.893. The zero-order valence-corrected chi connectivity index (χ0v) is 18.1. The van der Waals surface area contributed by atoms with Gasteiger partial charge in [0.2, 0.25) is 0 Å². The molecule has 0 saturated carbocycles. The quantitative estimate of drug-likeness (QED) is 0.599. The molecular formula is C22H23BrN4O2. The molecule has 1 fully saturated rings. The molecule has 1 aliphatic heterocycles. The number of carbonyl (C=O) groups is 1. The molecule has 7 heteroatoms. The van der Waals surface area contributed by atoms with E-state index in [9.17, 15) is 4.79 Å². The van der Waals surface area contributed by atoms with Crippen molar-refractivity contribution in [2.24, 2.45) is 0 Å². The number of anilines is 1. The maximum absolute atomic E-state index is 13.1. The van der Waals surface area contributed by atoms with Gasteiger partial charge < -0.3 is 14.5 Å². The van der Waals surface area contributed by atoms with E-state index in [1.54, 1.807) is 13.3 Å². The highest BCUT2D eigenvalue weighted by atomic mass is 79.9. The number of methoxy groups -OCH3 is 1. The highest BCUT2D eigenvalue weighted by molar-refractivity contribution is 9.10. The number of para-hydroxylation sites is 2. The van der Waals surface area contributed by atoms with Crippen LogP contribution in [-0.2, 0) is 0 Å². The van der Waals surface area contributed by atoms with Crippen LogP contribution in [0.1, 0.15) is 16.1 Å². The van der Waals surface area contributed by atoms with Crippen LogP contribution in [0.2, 0.25) is 0 Å². The van der Waals surface area contributed by atoms with E-state index in [1.165, 1.54) is 0 Å². The Bertz CT molecular complexity index is 1010. The zero-order chi connectivity index (χ0) is 20.4. The second kappa shape index (κ2) is 8.29. The number of benzene rings is 2. The van der Waals surface area contributed by atoms with E-state index in [2.05, 4.69) is 32.0 Å². The first-order valence-corrected chi connectivity index (χ1v) is 10.4. The SMILES string of the molecule is COc1ccccc1N1CCN(C(=O)c2cnn(-c3ccc(Br)cc3)c2C)CC1. The number of ether oxygens (including phenoxy) is 1. The molecule has 6 nitrogen and oxygen atoms in total. The first-order chi connectivity index (χ1) is 14.1. The van der Waals surface area contributed by atoms with E-state index >= 15 is 0 Å². The molecule has 0 aliphatic carbocycles. The Labute approximate surface area is 178 Å². The second-order valence-corrected chi connectivity index (χ2v) is 7.90. The van der Waals surface area contributed by atoms with E-state index < -0.39 is 0 Å². The zero-order valence-electron chi connectivity index (χ0n) is 16.5. The number of amides is 1. The largest absolute Gasteiger partial charge is 0.495 e. The fraction of sp³-hybridized carbons (Fsp3) is 0.273. The van der Waals surface area contributed by atoms with Crippen molar-refractivity contribution in [2.75, 3.05) is 38.2 Å². The van der Waals surface area contributed by atoms with Crippen molar-refractivity contribution in [3.8, 4) is 11.4 Å². The number of aromatic nitrogens is 2. The number of rotatable bonds is 4. The van der Waals surface area contributed by atoms with Gasteiger partial charge in [-0.25, -0.2) is 4.68 Å². The third-order valence-electron chi connectivity index (χ3n) is 5.30. The second-order valence-electron chi connectivity index (χ2n) is 6.98. The molecule has 3 aromatic rings. The predicted octanol–water partition coefficient (Wildman–Crippen LogP) is 3.91. The summed E-state index contributed by atoms with van der Waals surface area (Å²) in [6.07, 6.45) is 1.67. The number of halogens is 1. The van der Waals surface area contributed by atoms with Crippen LogP contribution in [-0.4, -0.2) is 53.9 Å². The topological polar surface area (TPSA) is 50.6 Å². The predicted molar refractivity (Wildman–Crippen MR) is 117 cm³/mol. The third-order valence-corrected chi connectivity index (χ3v) is 5.83. The van der Waals surface area contributed by atoms with E-state index in [0.717, 1.165) is 40.4 Å². The first kappa shape index (κ1) is 19.5. The lowest BCUT2D eigenvalue weighted by Crippen LogP contribution is -2.49. The summed E-state index contributed by atoms with van der Waals surface area (Å²) in [5.41, 5.74) is 3.51. The van der Waals surface area contributed by atoms with Crippen molar-refractivity contribution in [1.29, 1.82) is 0 Å². The normalized spacial score (nSPS) is 14.2. The van der Waals surface area contributed by atoms with Crippen LogP contribution in [0.4, 0.5) is 5.69 Å². The summed E-state index contributed by atoms with van der Waals surface area (Å²) in [6.45, 7) is 4.81. The molecule has 0 radical (unpaired) electrons. The molecule has 2 heterocycles. The minimum Gasteiger partial charge on any atom is -0.495 e. The van der Waals surface area contributed by atoms with Crippen LogP contribution in [0.3, 0.4) is 0 Å². The molecule has 29 heavy (non-hydrogen) atoms. The van der Waals surface area contributed by atoms with E-state index in [0.29, 0.717) is 18.7 Å². The molecule has 1 aliphatic rings. The highest BCUT2D eigenvalue weighted by Crippen LogP contribution is 2.28. The van der Waals surface area contributed by atoms with Gasteiger partial charge in [-0.3, -0.25) is 4.79 Å². The molecule has 0 spiro atoms. The summed E-state index contributed by atoms with van der Waals surface area (Å²) in [7, 11) is 1.68. The van der Waals surface area contributed by atoms with Gasteiger partial charge in [-0.05, 0) is 43.3 Å². The Morgan fingerprint density at radius 3 is 2.41 bits per heavy atom. The summed E-state index contributed by atoms with van der Waals surface area (Å²) < 4.78 is 8.29. The molecule has 0 unspecified atom stereocenters. The highest BCUT2D eigenvalue weighted by Gasteiger charge is 2.26. The smallest absolute Gasteiger partial charge is 0.257 e. The standard InChI is InChI=1S/C22H23BrN4O2/c1-16-19(15-24-27(16)18-9-7-17(23)8-10-18)22(28)26-13-11-25(12-14-26)20-5-3-4-6-21(20)29-2/h3-10,15H,11-14H2,1-2H3. The summed E-state index contributed by atoms with van der Waals surface area (Å²) >= 11 is 3.45. The summed E-state index contributed by atoms with van der Waals surface area (Å²) in [5, 5.41) is 4.44. The Hall–Kier alpha value is -2.80. The Morgan fingerprint density at radius 2 is 1.72 bits per heavy atom. The summed E-state index contributed by atoms with van der Waals surface area (Å²) in [6, 6.07) is 15.9. The van der Waals surface area contributed by atoms with Crippen LogP contribution < -0.4 is 9.64 Å². The van der Waals surface area contributed by atoms with Gasteiger partial charge in [0.1, 0.15) is 5.75 Å². The average Bonchev–Trinajstić information content (AvgIpc) is 3.15. The molecule has 150 valence electrons.